The lowest BCUT2D eigenvalue weighted by molar-refractivity contribution is -0.142. The largest absolute Gasteiger partial charge is 0.481 e. The molecular weight excluding hydrogens is 378 g/mol. The number of morpholine rings is 1. The standard InChI is InChI=1S/C20H21N3O4S/c1-13-9-15-10-16(19(25)14-3-4-17(26-2)21-11-14)28-20(15)23(13)6-5-22-7-8-27-12-18(22)24/h3-4,9-11H,5-8,12H2,1-2H3. The Balaban J connectivity index is 1.55. The Hall–Kier alpha value is -2.71. The molecule has 0 unspecified atom stereocenters. The minimum absolute atomic E-state index is 0.0290. The molecule has 146 valence electrons. The Morgan fingerprint density at radius 2 is 2.18 bits per heavy atom. The summed E-state index contributed by atoms with van der Waals surface area (Å²) >= 11 is 1.47. The molecule has 1 saturated heterocycles. The fourth-order valence-electron chi connectivity index (χ4n) is 3.35. The lowest BCUT2D eigenvalue weighted by atomic mass is 10.1. The molecule has 28 heavy (non-hydrogen) atoms. The summed E-state index contributed by atoms with van der Waals surface area (Å²) in [5, 5.41) is 1.04. The van der Waals surface area contributed by atoms with Crippen molar-refractivity contribution >= 4 is 33.2 Å². The van der Waals surface area contributed by atoms with E-state index in [9.17, 15) is 9.59 Å². The number of methoxy groups -OCH3 is 1. The van der Waals surface area contributed by atoms with Gasteiger partial charge >= 0.3 is 0 Å². The summed E-state index contributed by atoms with van der Waals surface area (Å²) in [6, 6.07) is 7.41. The van der Waals surface area contributed by atoms with Crippen molar-refractivity contribution in [1.82, 2.24) is 14.5 Å². The highest BCUT2D eigenvalue weighted by Gasteiger charge is 2.20. The van der Waals surface area contributed by atoms with Crippen LogP contribution in [-0.2, 0) is 16.1 Å². The third kappa shape index (κ3) is 3.53. The van der Waals surface area contributed by atoms with Gasteiger partial charge in [-0.3, -0.25) is 9.59 Å². The van der Waals surface area contributed by atoms with Crippen molar-refractivity contribution in [2.45, 2.75) is 13.5 Å². The van der Waals surface area contributed by atoms with E-state index in [2.05, 4.69) is 15.6 Å². The lowest BCUT2D eigenvalue weighted by Crippen LogP contribution is -2.43. The van der Waals surface area contributed by atoms with E-state index in [-0.39, 0.29) is 18.3 Å². The van der Waals surface area contributed by atoms with Crippen LogP contribution in [0.25, 0.3) is 10.2 Å². The number of carbonyl (C=O) groups is 2. The molecule has 4 rings (SSSR count). The molecule has 3 aromatic rings. The Kier molecular flexibility index (Phi) is 5.15. The van der Waals surface area contributed by atoms with Crippen molar-refractivity contribution in [3.05, 3.63) is 46.6 Å². The van der Waals surface area contributed by atoms with Crippen molar-refractivity contribution in [2.75, 3.05) is 33.4 Å². The summed E-state index contributed by atoms with van der Waals surface area (Å²) in [6.07, 6.45) is 1.54. The van der Waals surface area contributed by atoms with Crippen molar-refractivity contribution in [3.8, 4) is 5.88 Å². The third-order valence-corrected chi connectivity index (χ3v) is 6.06. The molecule has 0 radical (unpaired) electrons. The minimum Gasteiger partial charge on any atom is -0.481 e. The van der Waals surface area contributed by atoms with Gasteiger partial charge < -0.3 is 18.9 Å². The molecule has 0 spiro atoms. The van der Waals surface area contributed by atoms with E-state index in [0.29, 0.717) is 42.6 Å². The molecule has 0 aromatic carbocycles. The first-order chi connectivity index (χ1) is 13.6. The molecule has 1 amide bonds. The number of ether oxygens (including phenoxy) is 2. The second-order valence-corrected chi connectivity index (χ2v) is 7.69. The monoisotopic (exact) mass is 399 g/mol. The molecular formula is C20H21N3O4S. The molecule has 4 heterocycles. The smallest absolute Gasteiger partial charge is 0.248 e. The summed E-state index contributed by atoms with van der Waals surface area (Å²) < 4.78 is 12.4. The first-order valence-electron chi connectivity index (χ1n) is 9.07. The Morgan fingerprint density at radius 3 is 2.89 bits per heavy atom. The summed E-state index contributed by atoms with van der Waals surface area (Å²) in [4.78, 5) is 32.4. The van der Waals surface area contributed by atoms with E-state index in [4.69, 9.17) is 9.47 Å². The quantitative estimate of drug-likeness (QED) is 0.596. The summed E-state index contributed by atoms with van der Waals surface area (Å²) in [5.41, 5.74) is 1.65. The van der Waals surface area contributed by atoms with Crippen molar-refractivity contribution in [1.29, 1.82) is 0 Å². The first kappa shape index (κ1) is 18.6. The average Bonchev–Trinajstić information content (AvgIpc) is 3.24. The first-order valence-corrected chi connectivity index (χ1v) is 9.88. The molecule has 1 aliphatic rings. The molecule has 7 nitrogen and oxygen atoms in total. The number of fused-ring (bicyclic) bond motifs is 1. The maximum absolute atomic E-state index is 12.8. The van der Waals surface area contributed by atoms with E-state index in [0.717, 1.165) is 15.9 Å². The topological polar surface area (TPSA) is 73.7 Å². The zero-order valence-electron chi connectivity index (χ0n) is 15.8. The number of nitrogens with zero attached hydrogens (tertiary/aromatic N) is 3. The number of carbonyl (C=O) groups excluding carboxylic acids is 2. The van der Waals surface area contributed by atoms with E-state index < -0.39 is 0 Å². The van der Waals surface area contributed by atoms with Gasteiger partial charge in [0, 0.05) is 48.5 Å². The van der Waals surface area contributed by atoms with Crippen LogP contribution >= 0.6 is 11.3 Å². The van der Waals surface area contributed by atoms with E-state index in [1.165, 1.54) is 17.5 Å². The second kappa shape index (κ2) is 7.73. The number of hydrogen-bond acceptors (Lipinski definition) is 6. The number of pyridine rings is 1. The van der Waals surface area contributed by atoms with Crippen LogP contribution in [-0.4, -0.2) is 59.6 Å². The zero-order chi connectivity index (χ0) is 19.7. The van der Waals surface area contributed by atoms with Gasteiger partial charge in [0.15, 0.2) is 0 Å². The molecule has 8 heteroatoms. The highest BCUT2D eigenvalue weighted by atomic mass is 32.1. The van der Waals surface area contributed by atoms with E-state index in [1.807, 2.05) is 17.9 Å². The van der Waals surface area contributed by atoms with Crippen LogP contribution in [0, 0.1) is 6.92 Å². The summed E-state index contributed by atoms with van der Waals surface area (Å²) in [6.45, 7) is 4.74. The van der Waals surface area contributed by atoms with Crippen LogP contribution in [0.2, 0.25) is 0 Å². The van der Waals surface area contributed by atoms with E-state index in [1.54, 1.807) is 19.2 Å². The van der Waals surface area contributed by atoms with Crippen LogP contribution < -0.4 is 4.74 Å². The van der Waals surface area contributed by atoms with Gasteiger partial charge in [0.05, 0.1) is 18.6 Å². The lowest BCUT2D eigenvalue weighted by Gasteiger charge is -2.27. The van der Waals surface area contributed by atoms with Gasteiger partial charge in [0.25, 0.3) is 0 Å². The van der Waals surface area contributed by atoms with Crippen LogP contribution in [0.15, 0.2) is 30.5 Å². The van der Waals surface area contributed by atoms with Crippen molar-refractivity contribution < 1.29 is 19.1 Å². The number of hydrogen-bond donors (Lipinski definition) is 0. The number of thiophene rings is 1. The molecule has 0 atom stereocenters. The minimum atomic E-state index is -0.0519. The van der Waals surface area contributed by atoms with Gasteiger partial charge in [-0.1, -0.05) is 0 Å². The normalized spacial score (nSPS) is 14.6. The zero-order valence-corrected chi connectivity index (χ0v) is 16.6. The Morgan fingerprint density at radius 1 is 1.32 bits per heavy atom. The Labute approximate surface area is 166 Å². The van der Waals surface area contributed by atoms with Gasteiger partial charge in [-0.05, 0) is 25.1 Å². The van der Waals surface area contributed by atoms with Crippen LogP contribution in [0.1, 0.15) is 20.9 Å². The van der Waals surface area contributed by atoms with Crippen molar-refractivity contribution in [3.63, 3.8) is 0 Å². The molecule has 1 fully saturated rings. The number of ketones is 1. The average molecular weight is 399 g/mol. The molecule has 3 aromatic heterocycles. The maximum atomic E-state index is 12.8. The number of amides is 1. The number of rotatable bonds is 6. The predicted octanol–water partition coefficient (Wildman–Crippen LogP) is 2.50. The third-order valence-electron chi connectivity index (χ3n) is 4.88. The molecule has 0 bridgehead atoms. The maximum Gasteiger partial charge on any atom is 0.248 e. The predicted molar refractivity (Wildman–Crippen MR) is 106 cm³/mol. The summed E-state index contributed by atoms with van der Waals surface area (Å²) in [5.74, 6) is 0.456. The second-order valence-electron chi connectivity index (χ2n) is 6.66. The molecule has 0 saturated carbocycles. The Bertz CT molecular complexity index is 1020. The fourth-order valence-corrected chi connectivity index (χ4v) is 4.53. The van der Waals surface area contributed by atoms with Gasteiger partial charge in [0.1, 0.15) is 11.4 Å². The molecule has 0 aliphatic carbocycles. The van der Waals surface area contributed by atoms with Gasteiger partial charge in [-0.25, -0.2) is 4.98 Å². The van der Waals surface area contributed by atoms with Gasteiger partial charge in [0.2, 0.25) is 17.6 Å². The molecule has 0 N–H and O–H groups in total. The van der Waals surface area contributed by atoms with Crippen LogP contribution in [0.5, 0.6) is 5.88 Å². The van der Waals surface area contributed by atoms with Crippen LogP contribution in [0.4, 0.5) is 0 Å². The summed E-state index contributed by atoms with van der Waals surface area (Å²) in [7, 11) is 1.54. The number of aromatic nitrogens is 2. The van der Waals surface area contributed by atoms with Crippen molar-refractivity contribution in [2.24, 2.45) is 0 Å². The van der Waals surface area contributed by atoms with Crippen LogP contribution in [0.3, 0.4) is 0 Å². The number of aryl methyl sites for hydroxylation is 1. The van der Waals surface area contributed by atoms with Gasteiger partial charge in [-0.2, -0.15) is 0 Å². The highest BCUT2D eigenvalue weighted by Crippen LogP contribution is 2.30. The van der Waals surface area contributed by atoms with E-state index >= 15 is 0 Å². The molecule has 1 aliphatic heterocycles. The SMILES string of the molecule is COc1ccc(C(=O)c2cc3cc(C)n(CCN4CCOCC4=O)c3s2)cn1. The fraction of sp³-hybridized carbons (Fsp3) is 0.350. The highest BCUT2D eigenvalue weighted by molar-refractivity contribution is 7.20. The van der Waals surface area contributed by atoms with Gasteiger partial charge in [-0.15, -0.1) is 11.3 Å².